The van der Waals surface area contributed by atoms with E-state index < -0.39 is 5.92 Å². The quantitative estimate of drug-likeness (QED) is 0.680. The molecule has 1 aliphatic rings. The third kappa shape index (κ3) is 3.25. The Morgan fingerprint density at radius 2 is 1.81 bits per heavy atom. The highest BCUT2D eigenvalue weighted by Gasteiger charge is 2.40. The first-order valence-corrected chi connectivity index (χ1v) is 9.79. The van der Waals surface area contributed by atoms with Crippen molar-refractivity contribution in [3.63, 3.8) is 0 Å². The van der Waals surface area contributed by atoms with Gasteiger partial charge in [0, 0.05) is 22.4 Å². The highest BCUT2D eigenvalue weighted by Crippen LogP contribution is 2.44. The van der Waals surface area contributed by atoms with E-state index in [0.29, 0.717) is 0 Å². The van der Waals surface area contributed by atoms with E-state index in [0.717, 1.165) is 37.0 Å². The molecule has 5 nitrogen and oxygen atoms in total. The lowest BCUT2D eigenvalue weighted by Crippen LogP contribution is -2.36. The van der Waals surface area contributed by atoms with Crippen LogP contribution in [0.2, 0.25) is 0 Å². The zero-order valence-corrected chi connectivity index (χ0v) is 17.9. The zero-order chi connectivity index (χ0) is 19.0. The molecule has 1 atom stereocenters. The SMILES string of the molecule is CNC(=O)CC1C(=O)N(Nc2cccc(Br)c2C)c2c1ccc(Br)c2C. The van der Waals surface area contributed by atoms with E-state index in [1.54, 1.807) is 12.1 Å². The van der Waals surface area contributed by atoms with Crippen molar-refractivity contribution in [2.45, 2.75) is 26.2 Å². The molecule has 0 spiro atoms. The molecule has 1 heterocycles. The van der Waals surface area contributed by atoms with Gasteiger partial charge >= 0.3 is 0 Å². The van der Waals surface area contributed by atoms with Crippen molar-refractivity contribution in [2.24, 2.45) is 0 Å². The van der Waals surface area contributed by atoms with Crippen LogP contribution in [0.4, 0.5) is 11.4 Å². The Kier molecular flexibility index (Phi) is 5.39. The highest BCUT2D eigenvalue weighted by atomic mass is 79.9. The molecule has 2 N–H and O–H groups in total. The van der Waals surface area contributed by atoms with Gasteiger partial charge in [-0.05, 0) is 48.7 Å². The fraction of sp³-hybridized carbons (Fsp3) is 0.263. The summed E-state index contributed by atoms with van der Waals surface area (Å²) in [5.74, 6) is -0.795. The minimum Gasteiger partial charge on any atom is -0.359 e. The summed E-state index contributed by atoms with van der Waals surface area (Å²) >= 11 is 7.06. The number of hydrogen-bond donors (Lipinski definition) is 2. The average Bonchev–Trinajstić information content (AvgIpc) is 2.88. The molecule has 0 bridgehead atoms. The van der Waals surface area contributed by atoms with Crippen molar-refractivity contribution in [3.8, 4) is 0 Å². The van der Waals surface area contributed by atoms with Gasteiger partial charge < -0.3 is 5.32 Å². The molecule has 0 aliphatic carbocycles. The van der Waals surface area contributed by atoms with Crippen LogP contribution in [-0.2, 0) is 9.59 Å². The number of hydrogen-bond acceptors (Lipinski definition) is 3. The normalized spacial score (nSPS) is 15.8. The van der Waals surface area contributed by atoms with Crippen LogP contribution in [0.25, 0.3) is 0 Å². The summed E-state index contributed by atoms with van der Waals surface area (Å²) in [5, 5.41) is 4.17. The number of carbonyl (C=O) groups excluding carboxylic acids is 2. The number of fused-ring (bicyclic) bond motifs is 1. The molecule has 1 unspecified atom stereocenters. The molecule has 0 fully saturated rings. The summed E-state index contributed by atoms with van der Waals surface area (Å²) in [7, 11) is 1.58. The second-order valence-electron chi connectivity index (χ2n) is 6.24. The van der Waals surface area contributed by atoms with Crippen LogP contribution in [0.15, 0.2) is 39.3 Å². The van der Waals surface area contributed by atoms with E-state index in [1.807, 2.05) is 44.2 Å². The number of rotatable bonds is 4. The van der Waals surface area contributed by atoms with Crippen LogP contribution >= 0.6 is 31.9 Å². The Balaban J connectivity index is 2.06. The zero-order valence-electron chi connectivity index (χ0n) is 14.7. The molecule has 0 saturated carbocycles. The van der Waals surface area contributed by atoms with Gasteiger partial charge in [-0.1, -0.05) is 44.0 Å². The molecule has 2 aromatic carbocycles. The predicted molar refractivity (Wildman–Crippen MR) is 110 cm³/mol. The standard InChI is InChI=1S/C19H19Br2N3O2/c1-10-14(20)5-4-6-16(10)23-24-18-11(2)15(21)8-7-12(18)13(19(24)26)9-17(25)22-3/h4-8,13,23H,9H2,1-3H3,(H,22,25). The number of anilines is 2. The minimum atomic E-state index is -0.503. The smallest absolute Gasteiger partial charge is 0.253 e. The van der Waals surface area contributed by atoms with Crippen molar-refractivity contribution in [3.05, 3.63) is 56.0 Å². The average molecular weight is 481 g/mol. The maximum Gasteiger partial charge on any atom is 0.253 e. The number of carbonyl (C=O) groups is 2. The molecular formula is C19H19Br2N3O2. The summed E-state index contributed by atoms with van der Waals surface area (Å²) in [5.41, 5.74) is 7.70. The van der Waals surface area contributed by atoms with E-state index in [-0.39, 0.29) is 18.2 Å². The van der Waals surface area contributed by atoms with Crippen LogP contribution in [-0.4, -0.2) is 18.9 Å². The van der Waals surface area contributed by atoms with E-state index in [9.17, 15) is 9.59 Å². The van der Waals surface area contributed by atoms with Crippen molar-refractivity contribution in [1.82, 2.24) is 5.32 Å². The molecule has 2 aromatic rings. The van der Waals surface area contributed by atoms with Gasteiger partial charge in [-0.2, -0.15) is 0 Å². The first-order valence-electron chi connectivity index (χ1n) is 8.20. The molecule has 136 valence electrons. The molecule has 0 saturated heterocycles. The summed E-state index contributed by atoms with van der Waals surface area (Å²) in [6.45, 7) is 3.94. The van der Waals surface area contributed by atoms with Gasteiger partial charge in [-0.15, -0.1) is 0 Å². The van der Waals surface area contributed by atoms with Crippen molar-refractivity contribution in [1.29, 1.82) is 0 Å². The number of benzene rings is 2. The number of nitrogens with zero attached hydrogens (tertiary/aromatic N) is 1. The molecular weight excluding hydrogens is 462 g/mol. The van der Waals surface area contributed by atoms with Crippen molar-refractivity contribution in [2.75, 3.05) is 17.5 Å². The molecule has 2 amide bonds. The molecule has 3 rings (SSSR count). The van der Waals surface area contributed by atoms with Gasteiger partial charge in [-0.3, -0.25) is 15.0 Å². The summed E-state index contributed by atoms with van der Waals surface area (Å²) in [4.78, 5) is 25.1. The fourth-order valence-electron chi connectivity index (χ4n) is 3.12. The maximum absolute atomic E-state index is 13.1. The van der Waals surface area contributed by atoms with Crippen LogP contribution in [0.3, 0.4) is 0 Å². The second-order valence-corrected chi connectivity index (χ2v) is 7.95. The van der Waals surface area contributed by atoms with E-state index in [1.165, 1.54) is 0 Å². The summed E-state index contributed by atoms with van der Waals surface area (Å²) in [6.07, 6.45) is 0.124. The summed E-state index contributed by atoms with van der Waals surface area (Å²) in [6, 6.07) is 9.62. The molecule has 0 radical (unpaired) electrons. The second kappa shape index (κ2) is 7.40. The van der Waals surface area contributed by atoms with Gasteiger partial charge in [-0.25, -0.2) is 5.01 Å². The number of halogens is 2. The maximum atomic E-state index is 13.1. The van der Waals surface area contributed by atoms with Gasteiger partial charge in [0.15, 0.2) is 0 Å². The van der Waals surface area contributed by atoms with Crippen molar-refractivity contribution < 1.29 is 9.59 Å². The van der Waals surface area contributed by atoms with Crippen LogP contribution in [0, 0.1) is 13.8 Å². The minimum absolute atomic E-state index is 0.124. The van der Waals surface area contributed by atoms with Gasteiger partial charge in [0.2, 0.25) is 5.91 Å². The van der Waals surface area contributed by atoms with E-state index in [2.05, 4.69) is 42.6 Å². The molecule has 0 aromatic heterocycles. The first kappa shape index (κ1) is 18.9. The molecule has 1 aliphatic heterocycles. The third-order valence-corrected chi connectivity index (χ3v) is 6.40. The number of amides is 2. The van der Waals surface area contributed by atoms with Crippen molar-refractivity contribution >= 4 is 55.0 Å². The van der Waals surface area contributed by atoms with Gasteiger partial charge in [0.05, 0.1) is 17.3 Å². The monoisotopic (exact) mass is 479 g/mol. The summed E-state index contributed by atoms with van der Waals surface area (Å²) < 4.78 is 1.88. The van der Waals surface area contributed by atoms with E-state index >= 15 is 0 Å². The van der Waals surface area contributed by atoms with Gasteiger partial charge in [0.25, 0.3) is 5.91 Å². The highest BCUT2D eigenvalue weighted by molar-refractivity contribution is 9.10. The number of nitrogens with one attached hydrogen (secondary N) is 2. The Labute approximate surface area is 169 Å². The fourth-order valence-corrected chi connectivity index (χ4v) is 3.80. The predicted octanol–water partition coefficient (Wildman–Crippen LogP) is 4.42. The first-order chi connectivity index (χ1) is 12.3. The molecule has 7 heteroatoms. The lowest BCUT2D eigenvalue weighted by atomic mass is 9.95. The van der Waals surface area contributed by atoms with Crippen LogP contribution in [0.1, 0.15) is 29.0 Å². The van der Waals surface area contributed by atoms with Crippen LogP contribution in [0.5, 0.6) is 0 Å². The number of hydrazine groups is 1. The third-order valence-electron chi connectivity index (χ3n) is 4.68. The van der Waals surface area contributed by atoms with Crippen LogP contribution < -0.4 is 15.8 Å². The Morgan fingerprint density at radius 1 is 1.12 bits per heavy atom. The Bertz CT molecular complexity index is 899. The molecule has 26 heavy (non-hydrogen) atoms. The lowest BCUT2D eigenvalue weighted by molar-refractivity contribution is -0.125. The topological polar surface area (TPSA) is 61.4 Å². The Morgan fingerprint density at radius 3 is 2.50 bits per heavy atom. The lowest BCUT2D eigenvalue weighted by Gasteiger charge is -2.23. The largest absolute Gasteiger partial charge is 0.359 e. The van der Waals surface area contributed by atoms with Gasteiger partial charge in [0.1, 0.15) is 0 Å². The Hall–Kier alpha value is -1.86. The van der Waals surface area contributed by atoms with E-state index in [4.69, 9.17) is 0 Å².